The van der Waals surface area contributed by atoms with E-state index in [2.05, 4.69) is 31.1 Å². The number of H-pyrrole nitrogens is 1. The van der Waals surface area contributed by atoms with Crippen molar-refractivity contribution in [1.29, 1.82) is 0 Å². The fourth-order valence-corrected chi connectivity index (χ4v) is 4.50. The van der Waals surface area contributed by atoms with Gasteiger partial charge in [-0.25, -0.2) is 9.97 Å². The maximum Gasteiger partial charge on any atom is 0.227 e. The third kappa shape index (κ3) is 4.61. The van der Waals surface area contributed by atoms with Crippen LogP contribution in [0.1, 0.15) is 18.5 Å². The third-order valence-corrected chi connectivity index (χ3v) is 6.29. The summed E-state index contributed by atoms with van der Waals surface area (Å²) in [6.07, 6.45) is 5.37. The molecular formula is C22H24N8OS. The van der Waals surface area contributed by atoms with E-state index in [1.54, 1.807) is 6.20 Å². The highest BCUT2D eigenvalue weighted by atomic mass is 32.2. The Morgan fingerprint density at radius 3 is 2.75 bits per heavy atom. The van der Waals surface area contributed by atoms with Gasteiger partial charge in [0.2, 0.25) is 11.9 Å². The highest BCUT2D eigenvalue weighted by molar-refractivity contribution is 7.99. The molecule has 0 spiro atoms. The van der Waals surface area contributed by atoms with Crippen LogP contribution in [0.25, 0.3) is 5.65 Å². The average Bonchev–Trinajstić information content (AvgIpc) is 3.44. The molecule has 0 atom stereocenters. The summed E-state index contributed by atoms with van der Waals surface area (Å²) in [5, 5.41) is 17.5. The summed E-state index contributed by atoms with van der Waals surface area (Å²) < 4.78 is 1.88. The van der Waals surface area contributed by atoms with Crippen LogP contribution in [0.15, 0.2) is 58.7 Å². The molecule has 4 aromatic rings. The zero-order chi connectivity index (χ0) is 21.9. The minimum atomic E-state index is 0.0833. The van der Waals surface area contributed by atoms with Crippen molar-refractivity contribution in [3.8, 4) is 0 Å². The fourth-order valence-electron chi connectivity index (χ4n) is 3.69. The predicted octanol–water partition coefficient (Wildman–Crippen LogP) is 3.59. The molecule has 4 heterocycles. The molecule has 0 radical (unpaired) electrons. The van der Waals surface area contributed by atoms with Crippen molar-refractivity contribution in [1.82, 2.24) is 29.9 Å². The Hall–Kier alpha value is -3.37. The molecule has 0 saturated carbocycles. The molecule has 10 heteroatoms. The number of benzene rings is 1. The number of aromatic amines is 1. The second-order valence-electron chi connectivity index (χ2n) is 7.77. The van der Waals surface area contributed by atoms with E-state index in [0.717, 1.165) is 52.9 Å². The van der Waals surface area contributed by atoms with Gasteiger partial charge in [0.1, 0.15) is 10.7 Å². The van der Waals surface area contributed by atoms with E-state index in [9.17, 15) is 4.79 Å². The van der Waals surface area contributed by atoms with Gasteiger partial charge in [-0.05, 0) is 57.1 Å². The molecule has 1 aliphatic rings. The summed E-state index contributed by atoms with van der Waals surface area (Å²) >= 11 is 1.54. The highest BCUT2D eigenvalue weighted by Crippen LogP contribution is 2.30. The summed E-state index contributed by atoms with van der Waals surface area (Å²) in [5.41, 5.74) is 2.57. The minimum absolute atomic E-state index is 0.0833. The number of fused-ring (bicyclic) bond motifs is 1. The number of nitrogens with zero attached hydrogens (tertiary/aromatic N) is 4. The van der Waals surface area contributed by atoms with Crippen molar-refractivity contribution < 1.29 is 4.79 Å². The topological polar surface area (TPSA) is 112 Å². The van der Waals surface area contributed by atoms with Crippen LogP contribution in [0.2, 0.25) is 0 Å². The van der Waals surface area contributed by atoms with Crippen LogP contribution in [-0.2, 0) is 4.79 Å². The number of nitrogens with one attached hydrogen (secondary N) is 4. The zero-order valence-corrected chi connectivity index (χ0v) is 18.4. The smallest absolute Gasteiger partial charge is 0.227 e. The Kier molecular flexibility index (Phi) is 5.78. The number of hydrogen-bond donors (Lipinski definition) is 4. The van der Waals surface area contributed by atoms with E-state index in [0.29, 0.717) is 11.8 Å². The summed E-state index contributed by atoms with van der Waals surface area (Å²) in [6.45, 7) is 3.75. The average molecular weight is 449 g/mol. The van der Waals surface area contributed by atoms with Crippen LogP contribution >= 0.6 is 11.8 Å². The number of piperidine rings is 1. The zero-order valence-electron chi connectivity index (χ0n) is 17.6. The van der Waals surface area contributed by atoms with Gasteiger partial charge < -0.3 is 16.0 Å². The van der Waals surface area contributed by atoms with Crippen LogP contribution in [0.4, 0.5) is 17.5 Å². The van der Waals surface area contributed by atoms with Crippen LogP contribution in [0.3, 0.4) is 0 Å². The Labute approximate surface area is 189 Å². The molecule has 5 rings (SSSR count). The number of carbonyl (C=O) groups excluding carboxylic acids is 1. The van der Waals surface area contributed by atoms with E-state index in [4.69, 9.17) is 4.98 Å². The summed E-state index contributed by atoms with van der Waals surface area (Å²) in [6, 6.07) is 11.7. The molecule has 4 N–H and O–H groups in total. The predicted molar refractivity (Wildman–Crippen MR) is 124 cm³/mol. The lowest BCUT2D eigenvalue weighted by molar-refractivity contribution is -0.120. The molecule has 1 aliphatic heterocycles. The van der Waals surface area contributed by atoms with Gasteiger partial charge in [0, 0.05) is 46.7 Å². The second-order valence-corrected chi connectivity index (χ2v) is 8.87. The molecule has 164 valence electrons. The van der Waals surface area contributed by atoms with Crippen molar-refractivity contribution in [3.05, 3.63) is 54.5 Å². The Bertz CT molecular complexity index is 1230. The van der Waals surface area contributed by atoms with Crippen LogP contribution in [0.5, 0.6) is 0 Å². The van der Waals surface area contributed by atoms with Gasteiger partial charge in [-0.3, -0.25) is 14.3 Å². The molecule has 1 saturated heterocycles. The van der Waals surface area contributed by atoms with Crippen molar-refractivity contribution >= 4 is 40.8 Å². The first-order valence-electron chi connectivity index (χ1n) is 10.6. The third-order valence-electron chi connectivity index (χ3n) is 5.37. The number of carbonyl (C=O) groups is 1. The van der Waals surface area contributed by atoms with Gasteiger partial charge in [-0.1, -0.05) is 11.8 Å². The largest absolute Gasteiger partial charge is 0.326 e. The van der Waals surface area contributed by atoms with E-state index in [-0.39, 0.29) is 11.8 Å². The van der Waals surface area contributed by atoms with E-state index >= 15 is 0 Å². The second kappa shape index (κ2) is 9.01. The van der Waals surface area contributed by atoms with E-state index in [1.165, 1.54) is 11.8 Å². The van der Waals surface area contributed by atoms with Gasteiger partial charge in [0.25, 0.3) is 0 Å². The first-order chi connectivity index (χ1) is 15.6. The quantitative estimate of drug-likeness (QED) is 0.334. The Balaban J connectivity index is 1.30. The maximum atomic E-state index is 12.5. The number of anilines is 3. The summed E-state index contributed by atoms with van der Waals surface area (Å²) in [7, 11) is 0. The lowest BCUT2D eigenvalue weighted by Gasteiger charge is -2.21. The van der Waals surface area contributed by atoms with Gasteiger partial charge in [0.15, 0.2) is 5.82 Å². The van der Waals surface area contributed by atoms with Crippen molar-refractivity contribution in [2.75, 3.05) is 23.7 Å². The van der Waals surface area contributed by atoms with Crippen LogP contribution in [-0.4, -0.2) is 43.6 Å². The van der Waals surface area contributed by atoms with Crippen molar-refractivity contribution in [2.24, 2.45) is 5.92 Å². The van der Waals surface area contributed by atoms with Gasteiger partial charge in [-0.2, -0.15) is 5.10 Å². The first kappa shape index (κ1) is 20.5. The van der Waals surface area contributed by atoms with Crippen molar-refractivity contribution in [3.63, 3.8) is 0 Å². The van der Waals surface area contributed by atoms with E-state index < -0.39 is 0 Å². The van der Waals surface area contributed by atoms with Crippen LogP contribution in [0, 0.1) is 12.8 Å². The lowest BCUT2D eigenvalue weighted by Crippen LogP contribution is -2.34. The van der Waals surface area contributed by atoms with Gasteiger partial charge in [0.05, 0.1) is 0 Å². The van der Waals surface area contributed by atoms with Gasteiger partial charge >= 0.3 is 0 Å². The Morgan fingerprint density at radius 2 is 2.00 bits per heavy atom. The minimum Gasteiger partial charge on any atom is -0.326 e. The number of amides is 1. The normalized spacial score (nSPS) is 14.5. The summed E-state index contributed by atoms with van der Waals surface area (Å²) in [4.78, 5) is 22.6. The molecule has 1 aromatic carbocycles. The van der Waals surface area contributed by atoms with Crippen LogP contribution < -0.4 is 16.0 Å². The molecule has 9 nitrogen and oxygen atoms in total. The number of aryl methyl sites for hydroxylation is 1. The lowest BCUT2D eigenvalue weighted by atomic mass is 9.97. The number of hydrogen-bond acceptors (Lipinski definition) is 7. The molecule has 3 aromatic heterocycles. The molecule has 32 heavy (non-hydrogen) atoms. The first-order valence-corrected chi connectivity index (χ1v) is 11.4. The Morgan fingerprint density at radius 1 is 1.19 bits per heavy atom. The highest BCUT2D eigenvalue weighted by Gasteiger charge is 2.20. The SMILES string of the molecule is Cc1cc(Nc2nc(Sc3ccc(NC(=O)C4CCNCC4)cc3)cc3nccn23)n[nH]1. The monoisotopic (exact) mass is 448 g/mol. The number of imidazole rings is 1. The molecule has 1 fully saturated rings. The summed E-state index contributed by atoms with van der Waals surface area (Å²) in [5.74, 6) is 1.52. The standard InChI is InChI=1S/C22H24N8OS/c1-14-12-18(29-28-14)26-22-27-20(13-19-24-10-11-30(19)22)32-17-4-2-16(3-5-17)25-21(31)15-6-8-23-9-7-15/h2-5,10-13,15,23H,6-9H2,1H3,(H,25,31)(H2,26,27,28,29). The number of rotatable bonds is 6. The number of aromatic nitrogens is 5. The molecule has 0 bridgehead atoms. The molecule has 1 amide bonds. The molecule has 0 unspecified atom stereocenters. The molecular weight excluding hydrogens is 424 g/mol. The molecule has 0 aliphatic carbocycles. The van der Waals surface area contributed by atoms with Crippen molar-refractivity contribution in [2.45, 2.75) is 29.7 Å². The van der Waals surface area contributed by atoms with E-state index in [1.807, 2.05) is 53.9 Å². The van der Waals surface area contributed by atoms with Gasteiger partial charge in [-0.15, -0.1) is 0 Å². The fraction of sp³-hybridized carbons (Fsp3) is 0.273. The maximum absolute atomic E-state index is 12.5.